The molecule has 0 aliphatic carbocycles. The lowest BCUT2D eigenvalue weighted by Gasteiger charge is -2.10. The average Bonchev–Trinajstić information content (AvgIpc) is 2.91. The molecule has 0 aromatic heterocycles. The largest absolute Gasteiger partial charge is 0.497 e. The second-order valence-electron chi connectivity index (χ2n) is 5.16. The Kier molecular flexibility index (Phi) is 4.96. The number of hydrogen-bond donors (Lipinski definition) is 1. The van der Waals surface area contributed by atoms with Crippen molar-refractivity contribution < 1.29 is 18.5 Å². The van der Waals surface area contributed by atoms with Crippen LogP contribution in [0, 0.1) is 0 Å². The molecule has 2 aromatic carbocycles. The minimum Gasteiger partial charge on any atom is -0.497 e. The highest BCUT2D eigenvalue weighted by Gasteiger charge is 2.37. The number of carbonyl (C=O) groups excluding carboxylic acids is 1. The van der Waals surface area contributed by atoms with E-state index < -0.39 is 6.10 Å². The molecule has 0 spiro atoms. The van der Waals surface area contributed by atoms with Crippen LogP contribution < -0.4 is 10.5 Å². The summed E-state index contributed by atoms with van der Waals surface area (Å²) < 4.78 is 16.1. The van der Waals surface area contributed by atoms with E-state index in [9.17, 15) is 4.79 Å². The van der Waals surface area contributed by atoms with Crippen molar-refractivity contribution in [3.8, 4) is 5.75 Å². The van der Waals surface area contributed by atoms with Crippen molar-refractivity contribution >= 4 is 17.8 Å². The van der Waals surface area contributed by atoms with Gasteiger partial charge in [-0.2, -0.15) is 0 Å². The lowest BCUT2D eigenvalue weighted by molar-refractivity contribution is -0.122. The molecular formula is C18H17NO4S. The standard InChI is InChI=1S/C18H17NO4S/c1-21-14-9-7-13(8-10-14)16-15(20)17(18(19)22-16)23-24-11-12-5-3-2-4-6-12/h2-10,16H,11,19H2,1H3. The summed E-state index contributed by atoms with van der Waals surface area (Å²) in [5.41, 5.74) is 7.61. The van der Waals surface area contributed by atoms with Crippen molar-refractivity contribution in [3.63, 3.8) is 0 Å². The first-order valence-corrected chi connectivity index (χ1v) is 8.28. The van der Waals surface area contributed by atoms with E-state index in [-0.39, 0.29) is 17.4 Å². The van der Waals surface area contributed by atoms with Gasteiger partial charge in [0.25, 0.3) is 0 Å². The minimum atomic E-state index is -0.775. The molecule has 0 bridgehead atoms. The van der Waals surface area contributed by atoms with Crippen molar-refractivity contribution in [2.24, 2.45) is 5.73 Å². The van der Waals surface area contributed by atoms with Gasteiger partial charge in [-0.05, 0) is 17.7 Å². The SMILES string of the molecule is COc1ccc(C2OC(N)=C(OSCc3ccccc3)C2=O)cc1. The second kappa shape index (κ2) is 7.31. The third kappa shape index (κ3) is 3.49. The monoisotopic (exact) mass is 343 g/mol. The van der Waals surface area contributed by atoms with Gasteiger partial charge in [-0.25, -0.2) is 0 Å². The normalized spacial score (nSPS) is 16.9. The zero-order chi connectivity index (χ0) is 16.9. The van der Waals surface area contributed by atoms with Gasteiger partial charge >= 0.3 is 0 Å². The molecule has 1 unspecified atom stereocenters. The number of carbonyl (C=O) groups is 1. The summed E-state index contributed by atoms with van der Waals surface area (Å²) in [4.78, 5) is 12.5. The van der Waals surface area contributed by atoms with E-state index in [2.05, 4.69) is 0 Å². The molecule has 1 atom stereocenters. The van der Waals surface area contributed by atoms with Crippen molar-refractivity contribution in [1.29, 1.82) is 0 Å². The zero-order valence-electron chi connectivity index (χ0n) is 13.1. The molecule has 2 aromatic rings. The van der Waals surface area contributed by atoms with Crippen LogP contribution in [-0.4, -0.2) is 12.9 Å². The molecule has 1 heterocycles. The first-order valence-electron chi connectivity index (χ1n) is 7.37. The van der Waals surface area contributed by atoms with Gasteiger partial charge in [0.15, 0.2) is 6.10 Å². The molecule has 3 rings (SSSR count). The molecule has 1 aliphatic heterocycles. The number of nitrogens with two attached hydrogens (primary N) is 1. The minimum absolute atomic E-state index is 0.0152. The third-order valence-electron chi connectivity index (χ3n) is 3.56. The van der Waals surface area contributed by atoms with Gasteiger partial charge in [-0.15, -0.1) is 0 Å². The van der Waals surface area contributed by atoms with Gasteiger partial charge in [-0.3, -0.25) is 4.79 Å². The smallest absolute Gasteiger partial charge is 0.249 e. The van der Waals surface area contributed by atoms with E-state index in [1.165, 1.54) is 0 Å². The van der Waals surface area contributed by atoms with E-state index in [0.29, 0.717) is 17.1 Å². The van der Waals surface area contributed by atoms with Crippen molar-refractivity contribution in [1.82, 2.24) is 0 Å². The predicted molar refractivity (Wildman–Crippen MR) is 91.9 cm³/mol. The Morgan fingerprint density at radius 3 is 2.50 bits per heavy atom. The number of rotatable bonds is 6. The molecule has 0 saturated heterocycles. The number of hydrogen-bond acceptors (Lipinski definition) is 6. The first-order chi connectivity index (χ1) is 11.7. The third-order valence-corrected chi connectivity index (χ3v) is 4.30. The first kappa shape index (κ1) is 16.3. The molecule has 1 aliphatic rings. The maximum atomic E-state index is 12.5. The van der Waals surface area contributed by atoms with Crippen LogP contribution in [0.15, 0.2) is 66.2 Å². The number of ketones is 1. The van der Waals surface area contributed by atoms with Gasteiger partial charge in [-0.1, -0.05) is 42.5 Å². The zero-order valence-corrected chi connectivity index (χ0v) is 13.9. The molecule has 0 fully saturated rings. The predicted octanol–water partition coefficient (Wildman–Crippen LogP) is 3.33. The fourth-order valence-electron chi connectivity index (χ4n) is 2.29. The highest BCUT2D eigenvalue weighted by Crippen LogP contribution is 2.34. The van der Waals surface area contributed by atoms with Crippen LogP contribution in [0.2, 0.25) is 0 Å². The molecule has 24 heavy (non-hydrogen) atoms. The molecule has 2 N–H and O–H groups in total. The molecule has 5 nitrogen and oxygen atoms in total. The van der Waals surface area contributed by atoms with Crippen LogP contribution in [0.5, 0.6) is 5.75 Å². The van der Waals surface area contributed by atoms with Crippen LogP contribution in [0.1, 0.15) is 17.2 Å². The van der Waals surface area contributed by atoms with Crippen LogP contribution >= 0.6 is 12.0 Å². The second-order valence-corrected chi connectivity index (χ2v) is 5.85. The lowest BCUT2D eigenvalue weighted by atomic mass is 10.1. The van der Waals surface area contributed by atoms with E-state index in [4.69, 9.17) is 19.4 Å². The molecule has 6 heteroatoms. The Balaban J connectivity index is 1.62. The van der Waals surface area contributed by atoms with Crippen molar-refractivity contribution in [2.75, 3.05) is 7.11 Å². The van der Waals surface area contributed by atoms with Gasteiger partial charge < -0.3 is 19.4 Å². The lowest BCUT2D eigenvalue weighted by Crippen LogP contribution is -2.10. The fourth-order valence-corrected chi connectivity index (χ4v) is 2.95. The van der Waals surface area contributed by atoms with Crippen molar-refractivity contribution in [2.45, 2.75) is 11.9 Å². The fraction of sp³-hybridized carbons (Fsp3) is 0.167. The van der Waals surface area contributed by atoms with Crippen LogP contribution in [0.25, 0.3) is 0 Å². The number of methoxy groups -OCH3 is 1. The average molecular weight is 343 g/mol. The van der Waals surface area contributed by atoms with Crippen LogP contribution in [0.3, 0.4) is 0 Å². The number of benzene rings is 2. The summed E-state index contributed by atoms with van der Waals surface area (Å²) >= 11 is 1.16. The Morgan fingerprint density at radius 1 is 1.12 bits per heavy atom. The van der Waals surface area contributed by atoms with E-state index in [1.54, 1.807) is 31.4 Å². The molecule has 0 saturated carbocycles. The van der Waals surface area contributed by atoms with Gasteiger partial charge in [0.2, 0.25) is 17.4 Å². The molecule has 0 amide bonds. The van der Waals surface area contributed by atoms with Crippen molar-refractivity contribution in [3.05, 3.63) is 77.4 Å². The highest BCUT2D eigenvalue weighted by molar-refractivity contribution is 7.94. The Morgan fingerprint density at radius 2 is 1.83 bits per heavy atom. The molecule has 0 radical (unpaired) electrons. The molecule has 124 valence electrons. The summed E-state index contributed by atoms with van der Waals surface area (Å²) in [6, 6.07) is 16.9. The van der Waals surface area contributed by atoms with Crippen LogP contribution in [-0.2, 0) is 19.5 Å². The summed E-state index contributed by atoms with van der Waals surface area (Å²) in [7, 11) is 1.58. The summed E-state index contributed by atoms with van der Waals surface area (Å²) in [5, 5.41) is 0. The van der Waals surface area contributed by atoms with E-state index in [0.717, 1.165) is 17.6 Å². The maximum Gasteiger partial charge on any atom is 0.249 e. The summed E-state index contributed by atoms with van der Waals surface area (Å²) in [5.74, 6) is 1.12. The van der Waals surface area contributed by atoms with Gasteiger partial charge in [0.05, 0.1) is 24.9 Å². The van der Waals surface area contributed by atoms with E-state index >= 15 is 0 Å². The molecular weight excluding hydrogens is 326 g/mol. The number of ether oxygens (including phenoxy) is 2. The van der Waals surface area contributed by atoms with E-state index in [1.807, 2.05) is 30.3 Å². The van der Waals surface area contributed by atoms with Gasteiger partial charge in [0.1, 0.15) is 5.75 Å². The van der Waals surface area contributed by atoms with Gasteiger partial charge in [0, 0.05) is 5.56 Å². The topological polar surface area (TPSA) is 70.8 Å². The number of Topliss-reactive ketones (excluding diaryl/α,β-unsaturated/α-hetero) is 1. The Bertz CT molecular complexity index is 743. The maximum absolute atomic E-state index is 12.5. The Hall–Kier alpha value is -2.60. The van der Waals surface area contributed by atoms with Crippen LogP contribution in [0.4, 0.5) is 0 Å². The quantitative estimate of drug-likeness (QED) is 0.811. The summed E-state index contributed by atoms with van der Waals surface area (Å²) in [6.45, 7) is 0. The summed E-state index contributed by atoms with van der Waals surface area (Å²) in [6.07, 6.45) is -0.775. The Labute approximate surface area is 144 Å². The highest BCUT2D eigenvalue weighted by atomic mass is 32.2.